The molecule has 0 fully saturated rings. The van der Waals surface area contributed by atoms with Gasteiger partial charge in [-0.15, -0.1) is 11.3 Å². The van der Waals surface area contributed by atoms with Crippen LogP contribution in [-0.2, 0) is 0 Å². The van der Waals surface area contributed by atoms with E-state index in [-0.39, 0.29) is 5.91 Å². The van der Waals surface area contributed by atoms with Gasteiger partial charge in [-0.25, -0.2) is 0 Å². The van der Waals surface area contributed by atoms with Crippen molar-refractivity contribution >= 4 is 34.7 Å². The van der Waals surface area contributed by atoms with Crippen molar-refractivity contribution in [3.05, 3.63) is 46.2 Å². The lowest BCUT2D eigenvalue weighted by molar-refractivity contribution is 0.103. The van der Waals surface area contributed by atoms with Crippen LogP contribution >= 0.6 is 23.1 Å². The Bertz CT molecular complexity index is 584. The second-order valence-corrected chi connectivity index (χ2v) is 6.06. The van der Waals surface area contributed by atoms with Crippen molar-refractivity contribution in [2.75, 3.05) is 5.32 Å². The average molecular weight is 299 g/mol. The van der Waals surface area contributed by atoms with Crippen LogP contribution in [0.25, 0.3) is 0 Å². The molecule has 0 aliphatic rings. The van der Waals surface area contributed by atoms with Gasteiger partial charge in [0.25, 0.3) is 11.7 Å². The second-order valence-electron chi connectivity index (χ2n) is 3.74. The zero-order chi connectivity index (χ0) is 13.8. The number of para-hydroxylation sites is 1. The maximum absolute atomic E-state index is 12.4. The summed E-state index contributed by atoms with van der Waals surface area (Å²) >= 11 is 1.79. The Balaban J connectivity index is 2.16. The fourth-order valence-electron chi connectivity index (χ4n) is 1.51. The third-order valence-corrected chi connectivity index (χ3v) is 4.10. The number of thioether (sulfide) groups is 1. The van der Waals surface area contributed by atoms with Crippen LogP contribution in [0.3, 0.4) is 0 Å². The summed E-state index contributed by atoms with van der Waals surface area (Å²) in [5, 5.41) is 2.66. The summed E-state index contributed by atoms with van der Waals surface area (Å²) in [7, 11) is 0. The molecule has 100 valence electrons. The van der Waals surface area contributed by atoms with Crippen molar-refractivity contribution in [1.82, 2.24) is 0 Å². The largest absolute Gasteiger partial charge is 0.320 e. The highest BCUT2D eigenvalue weighted by Gasteiger charge is 2.13. The van der Waals surface area contributed by atoms with Crippen LogP contribution in [0, 0.1) is 6.92 Å². The predicted octanol–water partition coefficient (Wildman–Crippen LogP) is 4.62. The standard InChI is InChI=1S/C13H11F2NOS2/c1-8-6-7-11(18-8)12(17)16-9-4-2-3-5-10(9)19-13(14)15/h2-7,13H,1H3,(H,16,17). The van der Waals surface area contributed by atoms with E-state index in [0.29, 0.717) is 27.2 Å². The van der Waals surface area contributed by atoms with Crippen molar-refractivity contribution < 1.29 is 13.6 Å². The number of hydrogen-bond donors (Lipinski definition) is 1. The van der Waals surface area contributed by atoms with E-state index in [1.165, 1.54) is 11.3 Å². The molecule has 0 saturated heterocycles. The highest BCUT2D eigenvalue weighted by atomic mass is 32.2. The van der Waals surface area contributed by atoms with Crippen molar-refractivity contribution in [2.24, 2.45) is 0 Å². The third-order valence-electron chi connectivity index (χ3n) is 2.32. The number of thiophene rings is 1. The molecule has 0 atom stereocenters. The molecule has 19 heavy (non-hydrogen) atoms. The van der Waals surface area contributed by atoms with Crippen LogP contribution < -0.4 is 5.32 Å². The highest BCUT2D eigenvalue weighted by molar-refractivity contribution is 7.99. The molecule has 1 N–H and O–H groups in total. The molecule has 2 aromatic rings. The third kappa shape index (κ3) is 3.78. The maximum Gasteiger partial charge on any atom is 0.288 e. The monoisotopic (exact) mass is 299 g/mol. The Labute approximate surface area is 117 Å². The molecular formula is C13H11F2NOS2. The predicted molar refractivity (Wildman–Crippen MR) is 75.3 cm³/mol. The van der Waals surface area contributed by atoms with Crippen LogP contribution in [-0.4, -0.2) is 11.7 Å². The number of amides is 1. The Morgan fingerprint density at radius 2 is 2.00 bits per heavy atom. The number of halogens is 2. The topological polar surface area (TPSA) is 29.1 Å². The SMILES string of the molecule is Cc1ccc(C(=O)Nc2ccccc2SC(F)F)s1. The first-order valence-corrected chi connectivity index (χ1v) is 7.17. The van der Waals surface area contributed by atoms with Gasteiger partial charge in [-0.3, -0.25) is 4.79 Å². The van der Waals surface area contributed by atoms with Gasteiger partial charge in [0.05, 0.1) is 10.6 Å². The summed E-state index contributed by atoms with van der Waals surface area (Å²) in [6, 6.07) is 10.1. The number of carbonyl (C=O) groups excluding carboxylic acids is 1. The number of hydrogen-bond acceptors (Lipinski definition) is 3. The van der Waals surface area contributed by atoms with Gasteiger partial charge in [0.2, 0.25) is 0 Å². The summed E-state index contributed by atoms with van der Waals surface area (Å²) in [5.41, 5.74) is 0.406. The van der Waals surface area contributed by atoms with E-state index < -0.39 is 5.76 Å². The first-order chi connectivity index (χ1) is 9.06. The van der Waals surface area contributed by atoms with Gasteiger partial charge in [-0.1, -0.05) is 23.9 Å². The molecule has 0 aliphatic heterocycles. The molecule has 1 aromatic carbocycles. The second kappa shape index (κ2) is 6.16. The molecule has 0 saturated carbocycles. The van der Waals surface area contributed by atoms with E-state index in [4.69, 9.17) is 0 Å². The summed E-state index contributed by atoms with van der Waals surface area (Å²) in [4.78, 5) is 13.9. The van der Waals surface area contributed by atoms with Crippen LogP contribution in [0.1, 0.15) is 14.5 Å². The minimum Gasteiger partial charge on any atom is -0.320 e. The van der Waals surface area contributed by atoms with Gasteiger partial charge in [0, 0.05) is 9.77 Å². The van der Waals surface area contributed by atoms with Gasteiger partial charge in [0.15, 0.2) is 0 Å². The van der Waals surface area contributed by atoms with E-state index in [1.807, 2.05) is 13.0 Å². The van der Waals surface area contributed by atoms with Crippen molar-refractivity contribution in [3.63, 3.8) is 0 Å². The zero-order valence-electron chi connectivity index (χ0n) is 10.0. The molecule has 1 amide bonds. The lowest BCUT2D eigenvalue weighted by Gasteiger charge is -2.09. The summed E-state index contributed by atoms with van der Waals surface area (Å²) in [6.07, 6.45) is 0. The maximum atomic E-state index is 12.4. The molecule has 0 aliphatic carbocycles. The van der Waals surface area contributed by atoms with Gasteiger partial charge < -0.3 is 5.32 Å². The van der Waals surface area contributed by atoms with E-state index in [0.717, 1.165) is 4.88 Å². The molecule has 0 bridgehead atoms. The Hall–Kier alpha value is -1.40. The highest BCUT2D eigenvalue weighted by Crippen LogP contribution is 2.32. The van der Waals surface area contributed by atoms with Gasteiger partial charge >= 0.3 is 0 Å². The lowest BCUT2D eigenvalue weighted by Crippen LogP contribution is -2.10. The number of nitrogens with one attached hydrogen (secondary N) is 1. The van der Waals surface area contributed by atoms with Crippen molar-refractivity contribution in [3.8, 4) is 0 Å². The smallest absolute Gasteiger partial charge is 0.288 e. The first-order valence-electron chi connectivity index (χ1n) is 5.48. The van der Waals surface area contributed by atoms with E-state index in [1.54, 1.807) is 30.3 Å². The Kier molecular flexibility index (Phi) is 4.55. The molecule has 2 rings (SSSR count). The molecule has 2 nitrogen and oxygen atoms in total. The number of rotatable bonds is 4. The molecule has 6 heteroatoms. The molecule has 1 heterocycles. The summed E-state index contributed by atoms with van der Waals surface area (Å²) < 4.78 is 24.8. The van der Waals surface area contributed by atoms with Gasteiger partial charge in [-0.2, -0.15) is 8.78 Å². The van der Waals surface area contributed by atoms with E-state index >= 15 is 0 Å². The molecule has 1 aromatic heterocycles. The quantitative estimate of drug-likeness (QED) is 0.834. The summed E-state index contributed by atoms with van der Waals surface area (Å²) in [5.74, 6) is -2.79. The van der Waals surface area contributed by atoms with Crippen LogP contribution in [0.15, 0.2) is 41.3 Å². The number of carbonyl (C=O) groups is 1. The first kappa shape index (κ1) is 14.0. The zero-order valence-corrected chi connectivity index (χ0v) is 11.7. The average Bonchev–Trinajstić information content (AvgIpc) is 2.78. The fourth-order valence-corrected chi connectivity index (χ4v) is 2.87. The number of benzene rings is 1. The molecule has 0 radical (unpaired) electrons. The van der Waals surface area contributed by atoms with Crippen LogP contribution in [0.5, 0.6) is 0 Å². The van der Waals surface area contributed by atoms with Crippen LogP contribution in [0.2, 0.25) is 0 Å². The van der Waals surface area contributed by atoms with E-state index in [9.17, 15) is 13.6 Å². The minimum atomic E-state index is -2.51. The number of aryl methyl sites for hydroxylation is 1. The van der Waals surface area contributed by atoms with Gasteiger partial charge in [0.1, 0.15) is 0 Å². The Morgan fingerprint density at radius 3 is 2.63 bits per heavy atom. The minimum absolute atomic E-state index is 0.277. The summed E-state index contributed by atoms with van der Waals surface area (Å²) in [6.45, 7) is 1.90. The Morgan fingerprint density at radius 1 is 1.26 bits per heavy atom. The normalized spacial score (nSPS) is 10.7. The van der Waals surface area contributed by atoms with Crippen LogP contribution in [0.4, 0.5) is 14.5 Å². The molecule has 0 spiro atoms. The fraction of sp³-hybridized carbons (Fsp3) is 0.154. The lowest BCUT2D eigenvalue weighted by atomic mass is 10.3. The number of alkyl halides is 2. The number of anilines is 1. The van der Waals surface area contributed by atoms with Gasteiger partial charge in [-0.05, 0) is 31.2 Å². The van der Waals surface area contributed by atoms with Crippen molar-refractivity contribution in [2.45, 2.75) is 17.6 Å². The molecule has 0 unspecified atom stereocenters. The molecular weight excluding hydrogens is 288 g/mol. The van der Waals surface area contributed by atoms with E-state index in [2.05, 4.69) is 5.32 Å². The van der Waals surface area contributed by atoms with Crippen molar-refractivity contribution in [1.29, 1.82) is 0 Å².